The van der Waals surface area contributed by atoms with Gasteiger partial charge in [0, 0.05) is 55.5 Å². The SMILES string of the molecule is N#Cc1ccc(-n2ccc3c2NCC(C(=O)N2CCC(F)(F)CC2)=C3)cc1. The fraction of sp³-hybridized carbons (Fsp3) is 0.300. The molecule has 0 saturated carbocycles. The molecular formula is C20H18F2N4O. The summed E-state index contributed by atoms with van der Waals surface area (Å²) in [6.45, 7) is 0.517. The number of amides is 1. The molecule has 27 heavy (non-hydrogen) atoms. The minimum Gasteiger partial charge on any atom is -0.366 e. The standard InChI is InChI=1S/C20H18F2N4O/c21-20(22)6-9-25(10-7-20)19(27)16-11-15-5-8-26(18(15)24-13-16)17-3-1-14(12-23)2-4-17/h1-5,8,11,24H,6-7,9-10,13H2. The molecule has 2 aromatic rings. The van der Waals surface area contributed by atoms with Crippen molar-refractivity contribution in [3.63, 3.8) is 0 Å². The number of benzene rings is 1. The molecule has 0 atom stereocenters. The summed E-state index contributed by atoms with van der Waals surface area (Å²) in [5.41, 5.74) is 2.94. The van der Waals surface area contributed by atoms with Crippen LogP contribution in [0.2, 0.25) is 0 Å². The highest BCUT2D eigenvalue weighted by molar-refractivity contribution is 6.00. The molecule has 7 heteroatoms. The van der Waals surface area contributed by atoms with Gasteiger partial charge in [0.15, 0.2) is 0 Å². The van der Waals surface area contributed by atoms with Crippen LogP contribution in [0.5, 0.6) is 0 Å². The Morgan fingerprint density at radius 3 is 2.52 bits per heavy atom. The number of hydrogen-bond acceptors (Lipinski definition) is 3. The Labute approximate surface area is 155 Å². The van der Waals surface area contributed by atoms with E-state index in [4.69, 9.17) is 5.26 Å². The molecular weight excluding hydrogens is 350 g/mol. The summed E-state index contributed by atoms with van der Waals surface area (Å²) in [7, 11) is 0. The third kappa shape index (κ3) is 3.31. The highest BCUT2D eigenvalue weighted by atomic mass is 19.3. The molecule has 4 rings (SSSR count). The summed E-state index contributed by atoms with van der Waals surface area (Å²) < 4.78 is 28.6. The summed E-state index contributed by atoms with van der Waals surface area (Å²) in [4.78, 5) is 14.2. The summed E-state index contributed by atoms with van der Waals surface area (Å²) in [5, 5.41) is 12.2. The first-order chi connectivity index (χ1) is 13.0. The zero-order valence-corrected chi connectivity index (χ0v) is 14.6. The summed E-state index contributed by atoms with van der Waals surface area (Å²) in [6.07, 6.45) is 3.16. The number of alkyl halides is 2. The molecule has 2 aliphatic heterocycles. The smallest absolute Gasteiger partial charge is 0.251 e. The molecule has 3 heterocycles. The summed E-state index contributed by atoms with van der Waals surface area (Å²) >= 11 is 0. The van der Waals surface area contributed by atoms with Crippen molar-refractivity contribution in [2.75, 3.05) is 25.0 Å². The second-order valence-corrected chi connectivity index (χ2v) is 6.82. The van der Waals surface area contributed by atoms with E-state index in [1.807, 2.05) is 35.0 Å². The van der Waals surface area contributed by atoms with Crippen molar-refractivity contribution in [3.05, 3.63) is 53.2 Å². The average molecular weight is 368 g/mol. The maximum absolute atomic E-state index is 13.3. The topological polar surface area (TPSA) is 61.1 Å². The van der Waals surface area contributed by atoms with Crippen LogP contribution in [0.25, 0.3) is 11.8 Å². The highest BCUT2D eigenvalue weighted by Crippen LogP contribution is 2.31. The number of rotatable bonds is 2. The van der Waals surface area contributed by atoms with Crippen LogP contribution >= 0.6 is 0 Å². The normalized spacial score (nSPS) is 18.1. The van der Waals surface area contributed by atoms with Gasteiger partial charge in [0.2, 0.25) is 0 Å². The van der Waals surface area contributed by atoms with Crippen molar-refractivity contribution in [3.8, 4) is 11.8 Å². The Hall–Kier alpha value is -3.14. The number of anilines is 1. The molecule has 0 bridgehead atoms. The number of nitriles is 1. The number of nitrogens with zero attached hydrogens (tertiary/aromatic N) is 3. The Kier molecular flexibility index (Phi) is 4.19. The predicted octanol–water partition coefficient (Wildman–Crippen LogP) is 3.42. The van der Waals surface area contributed by atoms with Crippen LogP contribution in [0, 0.1) is 11.3 Å². The van der Waals surface area contributed by atoms with Gasteiger partial charge in [-0.2, -0.15) is 5.26 Å². The maximum Gasteiger partial charge on any atom is 0.251 e. The van der Waals surface area contributed by atoms with Crippen molar-refractivity contribution in [2.45, 2.75) is 18.8 Å². The van der Waals surface area contributed by atoms with E-state index in [1.54, 1.807) is 12.1 Å². The number of halogens is 2. The number of carbonyl (C=O) groups excluding carboxylic acids is 1. The predicted molar refractivity (Wildman–Crippen MR) is 97.7 cm³/mol. The Morgan fingerprint density at radius 2 is 1.85 bits per heavy atom. The molecule has 2 aliphatic rings. The third-order valence-corrected chi connectivity index (χ3v) is 5.02. The average Bonchev–Trinajstić information content (AvgIpc) is 3.10. The number of nitrogens with one attached hydrogen (secondary N) is 1. The number of fused-ring (bicyclic) bond motifs is 1. The Balaban J connectivity index is 1.55. The Morgan fingerprint density at radius 1 is 1.15 bits per heavy atom. The van der Waals surface area contributed by atoms with E-state index in [2.05, 4.69) is 11.4 Å². The second kappa shape index (κ2) is 6.54. The van der Waals surface area contributed by atoms with E-state index < -0.39 is 5.92 Å². The lowest BCUT2D eigenvalue weighted by molar-refractivity contribution is -0.133. The van der Waals surface area contributed by atoms with Crippen molar-refractivity contribution in [1.29, 1.82) is 5.26 Å². The van der Waals surface area contributed by atoms with E-state index in [9.17, 15) is 13.6 Å². The van der Waals surface area contributed by atoms with Gasteiger partial charge >= 0.3 is 0 Å². The number of piperidine rings is 1. The van der Waals surface area contributed by atoms with Crippen LogP contribution in [-0.2, 0) is 4.79 Å². The number of hydrogen-bond donors (Lipinski definition) is 1. The van der Waals surface area contributed by atoms with Crippen LogP contribution in [0.3, 0.4) is 0 Å². The summed E-state index contributed by atoms with van der Waals surface area (Å²) in [6, 6.07) is 11.2. The lowest BCUT2D eigenvalue weighted by atomic mass is 10.0. The third-order valence-electron chi connectivity index (χ3n) is 5.02. The molecule has 0 aliphatic carbocycles. The maximum atomic E-state index is 13.3. The van der Waals surface area contributed by atoms with Gasteiger partial charge < -0.3 is 14.8 Å². The zero-order chi connectivity index (χ0) is 19.0. The van der Waals surface area contributed by atoms with Crippen molar-refractivity contribution in [1.82, 2.24) is 9.47 Å². The first-order valence-electron chi connectivity index (χ1n) is 8.80. The van der Waals surface area contributed by atoms with Gasteiger partial charge in [-0.3, -0.25) is 4.79 Å². The first-order valence-corrected chi connectivity index (χ1v) is 8.80. The number of aromatic nitrogens is 1. The molecule has 5 nitrogen and oxygen atoms in total. The highest BCUT2D eigenvalue weighted by Gasteiger charge is 2.36. The molecule has 0 radical (unpaired) electrons. The van der Waals surface area contributed by atoms with Crippen molar-refractivity contribution >= 4 is 17.8 Å². The van der Waals surface area contributed by atoms with Gasteiger partial charge in [0.05, 0.1) is 11.6 Å². The molecule has 138 valence electrons. The molecule has 1 aromatic carbocycles. The monoisotopic (exact) mass is 368 g/mol. The number of likely N-dealkylation sites (tertiary alicyclic amines) is 1. The van der Waals surface area contributed by atoms with Gasteiger partial charge in [0.1, 0.15) is 5.82 Å². The van der Waals surface area contributed by atoms with Gasteiger partial charge in [-0.1, -0.05) is 0 Å². The molecule has 0 unspecified atom stereocenters. The lowest BCUT2D eigenvalue weighted by Crippen LogP contribution is -2.44. The quantitative estimate of drug-likeness (QED) is 0.884. The van der Waals surface area contributed by atoms with E-state index in [1.165, 1.54) is 4.90 Å². The fourth-order valence-electron chi connectivity index (χ4n) is 3.46. The van der Waals surface area contributed by atoms with E-state index in [0.717, 1.165) is 17.1 Å². The van der Waals surface area contributed by atoms with Gasteiger partial charge in [-0.15, -0.1) is 0 Å². The van der Waals surface area contributed by atoms with Crippen LogP contribution in [0.1, 0.15) is 24.0 Å². The minimum absolute atomic E-state index is 0.0856. The van der Waals surface area contributed by atoms with E-state index in [-0.39, 0.29) is 31.8 Å². The lowest BCUT2D eigenvalue weighted by Gasteiger charge is -2.33. The van der Waals surface area contributed by atoms with Crippen LogP contribution < -0.4 is 5.32 Å². The van der Waals surface area contributed by atoms with E-state index >= 15 is 0 Å². The van der Waals surface area contributed by atoms with E-state index in [0.29, 0.717) is 17.7 Å². The molecule has 1 fully saturated rings. The molecule has 1 amide bonds. The van der Waals surface area contributed by atoms with Crippen molar-refractivity contribution in [2.24, 2.45) is 0 Å². The first kappa shape index (κ1) is 17.3. The Bertz CT molecular complexity index is 943. The van der Waals surface area contributed by atoms with Gasteiger partial charge in [0.25, 0.3) is 11.8 Å². The molecule has 1 N–H and O–H groups in total. The fourth-order valence-corrected chi connectivity index (χ4v) is 3.46. The number of carbonyl (C=O) groups is 1. The van der Waals surface area contributed by atoms with Gasteiger partial charge in [-0.05, 0) is 36.4 Å². The zero-order valence-electron chi connectivity index (χ0n) is 14.6. The molecule has 1 aromatic heterocycles. The second-order valence-electron chi connectivity index (χ2n) is 6.82. The minimum atomic E-state index is -2.67. The van der Waals surface area contributed by atoms with Crippen molar-refractivity contribution < 1.29 is 13.6 Å². The van der Waals surface area contributed by atoms with Gasteiger partial charge in [-0.25, -0.2) is 8.78 Å². The largest absolute Gasteiger partial charge is 0.366 e. The van der Waals surface area contributed by atoms with Crippen LogP contribution in [-0.4, -0.2) is 40.9 Å². The van der Waals surface area contributed by atoms with Crippen LogP contribution in [0.15, 0.2) is 42.1 Å². The molecule has 1 saturated heterocycles. The summed E-state index contributed by atoms with van der Waals surface area (Å²) in [5.74, 6) is -1.99. The molecule has 0 spiro atoms. The van der Waals surface area contributed by atoms with Crippen LogP contribution in [0.4, 0.5) is 14.6 Å².